The average molecular weight is 278 g/mol. The van der Waals surface area contributed by atoms with Crippen molar-refractivity contribution in [3.63, 3.8) is 0 Å². The molecule has 0 aliphatic rings. The zero-order chi connectivity index (χ0) is 13.6. The number of hydrogen-bond acceptors (Lipinski definition) is 2. The predicted octanol–water partition coefficient (Wildman–Crippen LogP) is 4.48. The highest BCUT2D eigenvalue weighted by Crippen LogP contribution is 2.22. The summed E-state index contributed by atoms with van der Waals surface area (Å²) in [6.45, 7) is 3.18. The topological polar surface area (TPSA) is 9.23 Å². The molecule has 18 heavy (non-hydrogen) atoms. The van der Waals surface area contributed by atoms with Crippen molar-refractivity contribution >= 4 is 11.8 Å². The second-order valence-corrected chi connectivity index (χ2v) is 5.41. The van der Waals surface area contributed by atoms with Crippen molar-refractivity contribution in [1.82, 2.24) is 0 Å². The Hall–Kier alpha value is -0.680. The maximum Gasteiger partial charge on any atom is 0.411 e. The maximum atomic E-state index is 11.8. The van der Waals surface area contributed by atoms with E-state index < -0.39 is 12.8 Å². The molecule has 0 N–H and O–H groups in total. The molecule has 1 aromatic carbocycles. The molecule has 0 saturated heterocycles. The summed E-state index contributed by atoms with van der Waals surface area (Å²) in [7, 11) is 0. The van der Waals surface area contributed by atoms with Crippen molar-refractivity contribution in [2.24, 2.45) is 0 Å². The molecule has 0 aliphatic carbocycles. The van der Waals surface area contributed by atoms with Crippen LogP contribution in [0.1, 0.15) is 25.3 Å². The van der Waals surface area contributed by atoms with E-state index in [-0.39, 0.29) is 6.61 Å². The first kappa shape index (κ1) is 15.4. The van der Waals surface area contributed by atoms with Crippen LogP contribution in [0.3, 0.4) is 0 Å². The number of hydrogen-bond donors (Lipinski definition) is 0. The van der Waals surface area contributed by atoms with Crippen LogP contribution in [0, 0.1) is 0 Å². The lowest BCUT2D eigenvalue weighted by Crippen LogP contribution is -2.17. The quantitative estimate of drug-likeness (QED) is 0.560. The second-order valence-electron chi connectivity index (χ2n) is 4.24. The van der Waals surface area contributed by atoms with E-state index in [1.807, 2.05) is 24.3 Å². The molecule has 0 fully saturated rings. The Bertz CT molecular complexity index is 346. The van der Waals surface area contributed by atoms with Crippen LogP contribution in [0.5, 0.6) is 0 Å². The molecule has 1 nitrogen and oxygen atoms in total. The molecule has 0 aromatic heterocycles. The SMILES string of the molecule is CC(C)c1ccc(SCCOCC(F)(F)F)cc1. The van der Waals surface area contributed by atoms with Crippen molar-refractivity contribution < 1.29 is 17.9 Å². The Morgan fingerprint density at radius 3 is 2.28 bits per heavy atom. The minimum absolute atomic E-state index is 0.107. The highest BCUT2D eigenvalue weighted by molar-refractivity contribution is 7.99. The van der Waals surface area contributed by atoms with Crippen LogP contribution in [0.4, 0.5) is 13.2 Å². The van der Waals surface area contributed by atoms with Crippen LogP contribution >= 0.6 is 11.8 Å². The summed E-state index contributed by atoms with van der Waals surface area (Å²) < 4.78 is 39.9. The van der Waals surface area contributed by atoms with E-state index >= 15 is 0 Å². The van der Waals surface area contributed by atoms with E-state index in [9.17, 15) is 13.2 Å². The summed E-state index contributed by atoms with van der Waals surface area (Å²) in [6, 6.07) is 8.07. The van der Waals surface area contributed by atoms with Gasteiger partial charge in [-0.15, -0.1) is 11.8 Å². The van der Waals surface area contributed by atoms with E-state index in [2.05, 4.69) is 18.6 Å². The molecule has 0 amide bonds. The molecular formula is C13H17F3OS. The predicted molar refractivity (Wildman–Crippen MR) is 68.1 cm³/mol. The Morgan fingerprint density at radius 1 is 1.17 bits per heavy atom. The van der Waals surface area contributed by atoms with Gasteiger partial charge < -0.3 is 4.74 Å². The van der Waals surface area contributed by atoms with Crippen LogP contribution in [0.2, 0.25) is 0 Å². The second kappa shape index (κ2) is 7.04. The Labute approximate surface area is 110 Å². The number of alkyl halides is 3. The lowest BCUT2D eigenvalue weighted by molar-refractivity contribution is -0.172. The van der Waals surface area contributed by atoms with E-state index in [0.29, 0.717) is 11.7 Å². The number of ether oxygens (including phenoxy) is 1. The minimum Gasteiger partial charge on any atom is -0.371 e. The van der Waals surface area contributed by atoms with E-state index in [4.69, 9.17) is 0 Å². The number of halogens is 3. The maximum absolute atomic E-state index is 11.8. The molecule has 1 rings (SSSR count). The minimum atomic E-state index is -4.23. The third-order valence-corrected chi connectivity index (χ3v) is 3.29. The molecule has 5 heteroatoms. The van der Waals surface area contributed by atoms with Crippen LogP contribution in [-0.2, 0) is 4.74 Å². The van der Waals surface area contributed by atoms with Gasteiger partial charge in [0.15, 0.2) is 0 Å². The van der Waals surface area contributed by atoms with Gasteiger partial charge in [0.1, 0.15) is 6.61 Å². The first-order valence-corrected chi connectivity index (χ1v) is 6.74. The monoisotopic (exact) mass is 278 g/mol. The third kappa shape index (κ3) is 6.31. The van der Waals surface area contributed by atoms with Crippen LogP contribution < -0.4 is 0 Å². The van der Waals surface area contributed by atoms with Crippen molar-refractivity contribution in [1.29, 1.82) is 0 Å². The number of thioether (sulfide) groups is 1. The summed E-state index contributed by atoms with van der Waals surface area (Å²) in [5, 5.41) is 0. The molecule has 102 valence electrons. The molecule has 0 bridgehead atoms. The van der Waals surface area contributed by atoms with Gasteiger partial charge in [0, 0.05) is 10.6 Å². The van der Waals surface area contributed by atoms with Crippen LogP contribution in [0.25, 0.3) is 0 Å². The van der Waals surface area contributed by atoms with Gasteiger partial charge in [-0.3, -0.25) is 0 Å². The van der Waals surface area contributed by atoms with Crippen LogP contribution in [-0.4, -0.2) is 25.1 Å². The smallest absolute Gasteiger partial charge is 0.371 e. The summed E-state index contributed by atoms with van der Waals surface area (Å²) >= 11 is 1.50. The highest BCUT2D eigenvalue weighted by Gasteiger charge is 2.27. The fraction of sp³-hybridized carbons (Fsp3) is 0.538. The summed E-state index contributed by atoms with van der Waals surface area (Å²) in [6.07, 6.45) is -4.23. The van der Waals surface area contributed by atoms with Crippen molar-refractivity contribution in [3.8, 4) is 0 Å². The molecule has 0 heterocycles. The first-order chi connectivity index (χ1) is 8.38. The largest absolute Gasteiger partial charge is 0.411 e. The summed E-state index contributed by atoms with van der Waals surface area (Å²) in [4.78, 5) is 1.05. The van der Waals surface area contributed by atoms with Gasteiger partial charge in [0.25, 0.3) is 0 Å². The lowest BCUT2D eigenvalue weighted by Gasteiger charge is -2.08. The molecule has 0 saturated carbocycles. The van der Waals surface area contributed by atoms with Crippen molar-refractivity contribution in [2.45, 2.75) is 30.8 Å². The van der Waals surface area contributed by atoms with E-state index in [1.54, 1.807) is 0 Å². The average Bonchev–Trinajstić information content (AvgIpc) is 2.27. The summed E-state index contributed by atoms with van der Waals surface area (Å²) in [5.74, 6) is 1.01. The van der Waals surface area contributed by atoms with Gasteiger partial charge in [-0.05, 0) is 23.6 Å². The molecule has 0 spiro atoms. The van der Waals surface area contributed by atoms with Crippen molar-refractivity contribution in [3.05, 3.63) is 29.8 Å². The molecular weight excluding hydrogens is 261 g/mol. The Kier molecular flexibility index (Phi) is 6.02. The lowest BCUT2D eigenvalue weighted by atomic mass is 10.0. The Morgan fingerprint density at radius 2 is 1.78 bits per heavy atom. The number of benzene rings is 1. The van der Waals surface area contributed by atoms with Gasteiger partial charge in [-0.25, -0.2) is 0 Å². The standard InChI is InChI=1S/C13H17F3OS/c1-10(2)11-3-5-12(6-4-11)18-8-7-17-9-13(14,15)16/h3-6,10H,7-9H2,1-2H3. The number of rotatable bonds is 6. The van der Waals surface area contributed by atoms with Gasteiger partial charge in [0.2, 0.25) is 0 Å². The molecule has 0 radical (unpaired) electrons. The fourth-order valence-corrected chi connectivity index (χ4v) is 2.12. The van der Waals surface area contributed by atoms with Gasteiger partial charge >= 0.3 is 6.18 Å². The molecule has 0 unspecified atom stereocenters. The fourth-order valence-electron chi connectivity index (χ4n) is 1.36. The third-order valence-electron chi connectivity index (χ3n) is 2.31. The molecule has 0 aliphatic heterocycles. The van der Waals surface area contributed by atoms with Gasteiger partial charge in [-0.1, -0.05) is 26.0 Å². The molecule has 0 atom stereocenters. The normalized spacial score (nSPS) is 12.1. The zero-order valence-electron chi connectivity index (χ0n) is 10.5. The van der Waals surface area contributed by atoms with Crippen LogP contribution in [0.15, 0.2) is 29.2 Å². The molecule has 1 aromatic rings. The first-order valence-electron chi connectivity index (χ1n) is 5.76. The highest BCUT2D eigenvalue weighted by atomic mass is 32.2. The van der Waals surface area contributed by atoms with E-state index in [0.717, 1.165) is 4.90 Å². The van der Waals surface area contributed by atoms with Gasteiger partial charge in [-0.2, -0.15) is 13.2 Å². The zero-order valence-corrected chi connectivity index (χ0v) is 11.3. The van der Waals surface area contributed by atoms with Gasteiger partial charge in [0.05, 0.1) is 6.61 Å². The van der Waals surface area contributed by atoms with E-state index in [1.165, 1.54) is 17.3 Å². The van der Waals surface area contributed by atoms with Crippen molar-refractivity contribution in [2.75, 3.05) is 19.0 Å². The Balaban J connectivity index is 2.23. The summed E-state index contributed by atoms with van der Waals surface area (Å²) in [5.41, 5.74) is 1.26.